The topological polar surface area (TPSA) is 97.0 Å². The van der Waals surface area contributed by atoms with Gasteiger partial charge in [-0.3, -0.25) is 14.2 Å². The van der Waals surface area contributed by atoms with E-state index in [1.807, 2.05) is 34.9 Å². The van der Waals surface area contributed by atoms with E-state index in [-0.39, 0.29) is 24.1 Å². The molecule has 0 saturated carbocycles. The van der Waals surface area contributed by atoms with Gasteiger partial charge in [-0.15, -0.1) is 11.3 Å². The van der Waals surface area contributed by atoms with Crippen LogP contribution in [0, 0.1) is 11.3 Å². The van der Waals surface area contributed by atoms with Crippen LogP contribution in [-0.2, 0) is 33.6 Å². The number of esters is 1. The first-order chi connectivity index (χ1) is 16.1. The minimum absolute atomic E-state index is 0.124. The average molecular weight is 481 g/mol. The standard InChI is InChI=1S/C24H24N4O3S2/c1-2-31-22(30)12-16-14-32-24(26-16)33-15-21(29)27-23-19(13-25)18-10-6-7-11-20(18)28(23)17-8-4-3-5-9-17/h3-5,8-9,14H,2,6-7,10-12,15H2,1H3,(H,27,29). The fourth-order valence-electron chi connectivity index (χ4n) is 3.99. The summed E-state index contributed by atoms with van der Waals surface area (Å²) in [6.07, 6.45) is 3.96. The van der Waals surface area contributed by atoms with Gasteiger partial charge in [-0.05, 0) is 50.3 Å². The van der Waals surface area contributed by atoms with E-state index in [0.717, 1.165) is 42.6 Å². The van der Waals surface area contributed by atoms with Gasteiger partial charge in [-0.2, -0.15) is 5.26 Å². The number of thioether (sulfide) groups is 1. The summed E-state index contributed by atoms with van der Waals surface area (Å²) in [4.78, 5) is 28.9. The molecule has 2 aromatic heterocycles. The normalized spacial score (nSPS) is 12.6. The fraction of sp³-hybridized carbons (Fsp3) is 0.333. The molecule has 33 heavy (non-hydrogen) atoms. The Hall–Kier alpha value is -3.09. The van der Waals surface area contributed by atoms with E-state index in [1.165, 1.54) is 23.1 Å². The summed E-state index contributed by atoms with van der Waals surface area (Å²) in [7, 11) is 0. The van der Waals surface area contributed by atoms with Gasteiger partial charge in [0.2, 0.25) is 5.91 Å². The SMILES string of the molecule is CCOC(=O)Cc1csc(SCC(=O)Nc2c(C#N)c3c(n2-c2ccccc2)CCCC3)n1. The molecule has 0 spiro atoms. The lowest BCUT2D eigenvalue weighted by atomic mass is 9.95. The highest BCUT2D eigenvalue weighted by molar-refractivity contribution is 8.01. The Kier molecular flexibility index (Phi) is 7.47. The summed E-state index contributed by atoms with van der Waals surface area (Å²) < 4.78 is 7.68. The van der Waals surface area contributed by atoms with Crippen molar-refractivity contribution in [2.24, 2.45) is 0 Å². The van der Waals surface area contributed by atoms with Gasteiger partial charge in [0.1, 0.15) is 11.9 Å². The fourth-order valence-corrected chi connectivity index (χ4v) is 5.63. The van der Waals surface area contributed by atoms with Crippen LogP contribution >= 0.6 is 23.1 Å². The van der Waals surface area contributed by atoms with E-state index in [1.54, 1.807) is 12.3 Å². The summed E-state index contributed by atoms with van der Waals surface area (Å²) in [5, 5.41) is 14.7. The lowest BCUT2D eigenvalue weighted by Crippen LogP contribution is -2.18. The minimum Gasteiger partial charge on any atom is -0.466 e. The van der Waals surface area contributed by atoms with Gasteiger partial charge in [0.15, 0.2) is 4.34 Å². The van der Waals surface area contributed by atoms with E-state index >= 15 is 0 Å². The number of carbonyl (C=O) groups excluding carboxylic acids is 2. The number of thiazole rings is 1. The summed E-state index contributed by atoms with van der Waals surface area (Å²) in [6, 6.07) is 12.2. The third-order valence-electron chi connectivity index (χ3n) is 5.34. The van der Waals surface area contributed by atoms with Gasteiger partial charge in [0, 0.05) is 16.8 Å². The number of nitrogens with zero attached hydrogens (tertiary/aromatic N) is 3. The molecule has 0 saturated heterocycles. The Balaban J connectivity index is 1.50. The van der Waals surface area contributed by atoms with Crippen LogP contribution in [-0.4, -0.2) is 33.8 Å². The van der Waals surface area contributed by atoms with Crippen molar-refractivity contribution >= 4 is 40.8 Å². The van der Waals surface area contributed by atoms with Crippen molar-refractivity contribution in [2.45, 2.75) is 43.4 Å². The van der Waals surface area contributed by atoms with Crippen molar-refractivity contribution in [3.63, 3.8) is 0 Å². The molecule has 1 amide bonds. The second kappa shape index (κ2) is 10.7. The quantitative estimate of drug-likeness (QED) is 0.376. The molecule has 7 nitrogen and oxygen atoms in total. The largest absolute Gasteiger partial charge is 0.466 e. The maximum absolute atomic E-state index is 12.9. The molecule has 0 aliphatic heterocycles. The lowest BCUT2D eigenvalue weighted by Gasteiger charge is -2.17. The second-order valence-corrected chi connectivity index (χ2v) is 9.64. The number of anilines is 1. The molecular formula is C24H24N4O3S2. The smallest absolute Gasteiger partial charge is 0.311 e. The van der Waals surface area contributed by atoms with Gasteiger partial charge >= 0.3 is 5.97 Å². The van der Waals surface area contributed by atoms with Gasteiger partial charge < -0.3 is 10.1 Å². The van der Waals surface area contributed by atoms with Gasteiger partial charge in [-0.25, -0.2) is 4.98 Å². The van der Waals surface area contributed by atoms with E-state index in [2.05, 4.69) is 16.4 Å². The van der Waals surface area contributed by atoms with Gasteiger partial charge in [0.25, 0.3) is 0 Å². The van der Waals surface area contributed by atoms with Crippen molar-refractivity contribution in [2.75, 3.05) is 17.7 Å². The van der Waals surface area contributed by atoms with Crippen LogP contribution in [0.3, 0.4) is 0 Å². The Morgan fingerprint density at radius 3 is 2.82 bits per heavy atom. The summed E-state index contributed by atoms with van der Waals surface area (Å²) in [5.74, 6) is 0.183. The molecule has 4 rings (SSSR count). The predicted molar refractivity (Wildman–Crippen MR) is 129 cm³/mol. The van der Waals surface area contributed by atoms with Crippen LogP contribution in [0.1, 0.15) is 42.3 Å². The van der Waals surface area contributed by atoms with Crippen LogP contribution in [0.5, 0.6) is 0 Å². The molecule has 1 aliphatic rings. The Bertz CT molecular complexity index is 1190. The van der Waals surface area contributed by atoms with E-state index < -0.39 is 0 Å². The number of hydrogen-bond acceptors (Lipinski definition) is 7. The van der Waals surface area contributed by atoms with Crippen molar-refractivity contribution in [1.29, 1.82) is 5.26 Å². The molecule has 0 fully saturated rings. The van der Waals surface area contributed by atoms with Crippen molar-refractivity contribution in [3.8, 4) is 11.8 Å². The molecule has 1 aliphatic carbocycles. The molecule has 3 aromatic rings. The molecule has 170 valence electrons. The maximum atomic E-state index is 12.9. The Morgan fingerprint density at radius 2 is 2.06 bits per heavy atom. The number of nitriles is 1. The zero-order valence-corrected chi connectivity index (χ0v) is 19.9. The molecule has 2 heterocycles. The van der Waals surface area contributed by atoms with Gasteiger partial charge in [-0.1, -0.05) is 30.0 Å². The second-order valence-electron chi connectivity index (χ2n) is 7.56. The maximum Gasteiger partial charge on any atom is 0.311 e. The summed E-state index contributed by atoms with van der Waals surface area (Å²) >= 11 is 2.70. The molecule has 0 radical (unpaired) electrons. The first kappa shape index (κ1) is 23.1. The average Bonchev–Trinajstić information content (AvgIpc) is 3.39. The molecule has 0 atom stereocenters. The van der Waals surface area contributed by atoms with Crippen molar-refractivity contribution < 1.29 is 14.3 Å². The Morgan fingerprint density at radius 1 is 1.27 bits per heavy atom. The summed E-state index contributed by atoms with van der Waals surface area (Å²) in [5.41, 5.74) is 4.27. The monoisotopic (exact) mass is 480 g/mol. The molecule has 1 N–H and O–H groups in total. The number of hydrogen-bond donors (Lipinski definition) is 1. The highest BCUT2D eigenvalue weighted by Crippen LogP contribution is 2.35. The zero-order chi connectivity index (χ0) is 23.2. The first-order valence-corrected chi connectivity index (χ1v) is 12.7. The van der Waals surface area contributed by atoms with Crippen LogP contribution in [0.4, 0.5) is 5.82 Å². The number of amides is 1. The van der Waals surface area contributed by atoms with Gasteiger partial charge in [0.05, 0.1) is 30.0 Å². The first-order valence-electron chi connectivity index (χ1n) is 10.8. The van der Waals surface area contributed by atoms with E-state index in [0.29, 0.717) is 28.0 Å². The summed E-state index contributed by atoms with van der Waals surface area (Å²) in [6.45, 7) is 2.10. The molecule has 0 bridgehead atoms. The molecular weight excluding hydrogens is 456 g/mol. The third-order valence-corrected chi connectivity index (χ3v) is 7.41. The number of para-hydroxylation sites is 1. The van der Waals surface area contributed by atoms with E-state index in [4.69, 9.17) is 4.74 Å². The van der Waals surface area contributed by atoms with Crippen LogP contribution < -0.4 is 5.32 Å². The number of rotatable bonds is 8. The predicted octanol–water partition coefficient (Wildman–Crippen LogP) is 4.52. The number of benzene rings is 1. The number of ether oxygens (including phenoxy) is 1. The highest BCUT2D eigenvalue weighted by atomic mass is 32.2. The lowest BCUT2D eigenvalue weighted by molar-refractivity contribution is -0.142. The van der Waals surface area contributed by atoms with Crippen LogP contribution in [0.25, 0.3) is 5.69 Å². The number of nitrogens with one attached hydrogen (secondary N) is 1. The number of aromatic nitrogens is 2. The highest BCUT2D eigenvalue weighted by Gasteiger charge is 2.26. The third kappa shape index (κ3) is 5.29. The molecule has 9 heteroatoms. The van der Waals surface area contributed by atoms with Crippen molar-refractivity contribution in [3.05, 3.63) is 58.2 Å². The Labute approximate surface area is 200 Å². The minimum atomic E-state index is -0.313. The van der Waals surface area contributed by atoms with Crippen LogP contribution in [0.2, 0.25) is 0 Å². The van der Waals surface area contributed by atoms with Crippen molar-refractivity contribution in [1.82, 2.24) is 9.55 Å². The van der Waals surface area contributed by atoms with E-state index in [9.17, 15) is 14.9 Å². The number of fused-ring (bicyclic) bond motifs is 1. The molecule has 0 unspecified atom stereocenters. The van der Waals surface area contributed by atoms with Crippen LogP contribution in [0.15, 0.2) is 40.1 Å². The molecule has 1 aromatic carbocycles. The number of carbonyl (C=O) groups is 2. The zero-order valence-electron chi connectivity index (χ0n) is 18.3.